The largest absolute Gasteiger partial charge is 0.374 e. The molecule has 0 N–H and O–H groups in total. The molecular formula is C17H18IN3O2. The molecule has 0 atom stereocenters. The van der Waals surface area contributed by atoms with Crippen molar-refractivity contribution < 1.29 is 9.47 Å². The van der Waals surface area contributed by atoms with Gasteiger partial charge >= 0.3 is 0 Å². The van der Waals surface area contributed by atoms with Crippen molar-refractivity contribution in [2.75, 3.05) is 6.61 Å². The third-order valence-corrected chi connectivity index (χ3v) is 4.19. The first kappa shape index (κ1) is 16.4. The Morgan fingerprint density at radius 2 is 1.96 bits per heavy atom. The fraction of sp³-hybridized carbons (Fsp3) is 0.294. The first-order valence-electron chi connectivity index (χ1n) is 7.47. The number of nitrogens with zero attached hydrogens (tertiary/aromatic N) is 3. The van der Waals surface area contributed by atoms with Gasteiger partial charge in [0.15, 0.2) is 5.82 Å². The average molecular weight is 423 g/mol. The summed E-state index contributed by atoms with van der Waals surface area (Å²) in [6.45, 7) is 4.12. The van der Waals surface area contributed by atoms with Gasteiger partial charge < -0.3 is 14.0 Å². The minimum Gasteiger partial charge on any atom is -0.374 e. The summed E-state index contributed by atoms with van der Waals surface area (Å²) in [6.07, 6.45) is 3.88. The maximum atomic E-state index is 5.80. The van der Waals surface area contributed by atoms with Crippen LogP contribution in [0.25, 0.3) is 11.0 Å². The predicted molar refractivity (Wildman–Crippen MR) is 96.8 cm³/mol. The van der Waals surface area contributed by atoms with E-state index in [4.69, 9.17) is 9.47 Å². The van der Waals surface area contributed by atoms with E-state index in [-0.39, 0.29) is 0 Å². The highest BCUT2D eigenvalue weighted by atomic mass is 127. The molecule has 2 aromatic heterocycles. The van der Waals surface area contributed by atoms with Gasteiger partial charge in [0, 0.05) is 12.8 Å². The molecule has 23 heavy (non-hydrogen) atoms. The molecule has 0 aliphatic rings. The van der Waals surface area contributed by atoms with E-state index in [2.05, 4.69) is 44.7 Å². The molecule has 0 spiro atoms. The fourth-order valence-electron chi connectivity index (χ4n) is 2.27. The van der Waals surface area contributed by atoms with E-state index in [9.17, 15) is 0 Å². The molecule has 0 aliphatic heterocycles. The second-order valence-corrected chi connectivity index (χ2v) is 6.23. The third kappa shape index (κ3) is 4.07. The Kier molecular flexibility index (Phi) is 5.58. The Morgan fingerprint density at radius 3 is 2.74 bits per heavy atom. The zero-order chi connectivity index (χ0) is 16.1. The van der Waals surface area contributed by atoms with Crippen LogP contribution in [0.15, 0.2) is 42.7 Å². The highest BCUT2D eigenvalue weighted by Crippen LogP contribution is 2.21. The van der Waals surface area contributed by atoms with Gasteiger partial charge in [-0.1, -0.05) is 30.3 Å². The maximum Gasteiger partial charge on any atom is 0.154 e. The zero-order valence-electron chi connectivity index (χ0n) is 12.9. The Hall–Kier alpha value is -1.51. The Labute approximate surface area is 148 Å². The number of aromatic nitrogens is 3. The van der Waals surface area contributed by atoms with Crippen LogP contribution in [0.1, 0.15) is 18.3 Å². The van der Waals surface area contributed by atoms with Crippen LogP contribution >= 0.6 is 22.6 Å². The summed E-state index contributed by atoms with van der Waals surface area (Å²) in [5, 5.41) is 0. The molecule has 0 fully saturated rings. The van der Waals surface area contributed by atoms with Gasteiger partial charge in [-0.05, 0) is 35.1 Å². The highest BCUT2D eigenvalue weighted by molar-refractivity contribution is 14.1. The first-order chi connectivity index (χ1) is 11.3. The Morgan fingerprint density at radius 1 is 1.13 bits per heavy atom. The molecule has 0 radical (unpaired) electrons. The Bertz CT molecular complexity index is 774. The number of rotatable bonds is 7. The summed E-state index contributed by atoms with van der Waals surface area (Å²) in [7, 11) is 0. The second-order valence-electron chi connectivity index (χ2n) is 5.07. The molecule has 0 amide bonds. The van der Waals surface area contributed by atoms with E-state index < -0.39 is 0 Å². The van der Waals surface area contributed by atoms with Crippen LogP contribution in [0.2, 0.25) is 0 Å². The summed E-state index contributed by atoms with van der Waals surface area (Å²) in [6, 6.07) is 10.1. The number of halogens is 1. The van der Waals surface area contributed by atoms with Gasteiger partial charge in [0.1, 0.15) is 18.9 Å². The Balaban J connectivity index is 1.71. The van der Waals surface area contributed by atoms with Crippen molar-refractivity contribution in [3.05, 3.63) is 57.7 Å². The van der Waals surface area contributed by atoms with E-state index in [1.54, 1.807) is 0 Å². The van der Waals surface area contributed by atoms with E-state index >= 15 is 0 Å². The van der Waals surface area contributed by atoms with E-state index in [1.807, 2.05) is 42.1 Å². The van der Waals surface area contributed by atoms with Gasteiger partial charge in [-0.3, -0.25) is 0 Å². The molecule has 0 saturated carbocycles. The second kappa shape index (κ2) is 7.85. The van der Waals surface area contributed by atoms with Crippen LogP contribution in [0.5, 0.6) is 0 Å². The quantitative estimate of drug-likeness (QED) is 0.544. The molecule has 6 heteroatoms. The minimum atomic E-state index is 0.443. The summed E-state index contributed by atoms with van der Waals surface area (Å²) in [5.41, 5.74) is 3.08. The van der Waals surface area contributed by atoms with E-state index in [0.29, 0.717) is 32.4 Å². The summed E-state index contributed by atoms with van der Waals surface area (Å²) in [4.78, 5) is 8.95. The van der Waals surface area contributed by atoms with Crippen molar-refractivity contribution >= 4 is 33.6 Å². The molecule has 1 aromatic carbocycles. The van der Waals surface area contributed by atoms with Crippen LogP contribution in [-0.2, 0) is 29.4 Å². The predicted octanol–water partition coefficient (Wildman–Crippen LogP) is 3.75. The monoisotopic (exact) mass is 423 g/mol. The van der Waals surface area contributed by atoms with Crippen molar-refractivity contribution in [3.8, 4) is 0 Å². The van der Waals surface area contributed by atoms with E-state index in [0.717, 1.165) is 20.2 Å². The van der Waals surface area contributed by atoms with Gasteiger partial charge in [0.25, 0.3) is 0 Å². The molecule has 0 bridgehead atoms. The smallest absolute Gasteiger partial charge is 0.154 e. The molecule has 5 nitrogen and oxygen atoms in total. The number of hydrogen-bond donors (Lipinski definition) is 0. The van der Waals surface area contributed by atoms with Gasteiger partial charge in [-0.2, -0.15) is 0 Å². The number of fused-ring (bicyclic) bond motifs is 1. The third-order valence-electron chi connectivity index (χ3n) is 3.40. The minimum absolute atomic E-state index is 0.443. The lowest BCUT2D eigenvalue weighted by Gasteiger charge is -2.07. The van der Waals surface area contributed by atoms with Crippen molar-refractivity contribution in [2.45, 2.75) is 26.9 Å². The van der Waals surface area contributed by atoms with Crippen molar-refractivity contribution in [2.24, 2.45) is 0 Å². The molecule has 0 unspecified atom stereocenters. The summed E-state index contributed by atoms with van der Waals surface area (Å²) < 4.78 is 14.3. The topological polar surface area (TPSA) is 49.2 Å². The number of ether oxygens (including phenoxy) is 2. The van der Waals surface area contributed by atoms with Crippen LogP contribution in [-0.4, -0.2) is 21.1 Å². The zero-order valence-corrected chi connectivity index (χ0v) is 15.1. The molecular weight excluding hydrogens is 405 g/mol. The van der Waals surface area contributed by atoms with Crippen molar-refractivity contribution in [3.63, 3.8) is 0 Å². The fourth-order valence-corrected chi connectivity index (χ4v) is 3.00. The summed E-state index contributed by atoms with van der Waals surface area (Å²) in [5.74, 6) is 0.709. The summed E-state index contributed by atoms with van der Waals surface area (Å²) >= 11 is 2.29. The van der Waals surface area contributed by atoms with E-state index in [1.165, 1.54) is 0 Å². The standard InChI is InChI=1S/C17H18IN3O2/c1-2-22-11-16-19-8-15-17(20-16)14(18)9-21(15)12-23-10-13-6-4-3-5-7-13/h3-9H,2,10-12H2,1H3. The molecule has 3 aromatic rings. The van der Waals surface area contributed by atoms with Gasteiger partial charge in [-0.15, -0.1) is 0 Å². The molecule has 0 aliphatic carbocycles. The molecule has 120 valence electrons. The van der Waals surface area contributed by atoms with Crippen LogP contribution in [0.3, 0.4) is 0 Å². The van der Waals surface area contributed by atoms with Gasteiger partial charge in [0.05, 0.1) is 21.9 Å². The lowest BCUT2D eigenvalue weighted by atomic mass is 10.2. The maximum absolute atomic E-state index is 5.80. The normalized spacial score (nSPS) is 11.2. The molecule has 2 heterocycles. The van der Waals surface area contributed by atoms with Crippen LogP contribution in [0.4, 0.5) is 0 Å². The highest BCUT2D eigenvalue weighted by Gasteiger charge is 2.10. The molecule has 3 rings (SSSR count). The van der Waals surface area contributed by atoms with Crippen LogP contribution in [0, 0.1) is 3.57 Å². The van der Waals surface area contributed by atoms with Gasteiger partial charge in [0.2, 0.25) is 0 Å². The number of hydrogen-bond acceptors (Lipinski definition) is 4. The lowest BCUT2D eigenvalue weighted by Crippen LogP contribution is -2.03. The molecule has 0 saturated heterocycles. The van der Waals surface area contributed by atoms with Crippen molar-refractivity contribution in [1.29, 1.82) is 0 Å². The van der Waals surface area contributed by atoms with Crippen LogP contribution < -0.4 is 0 Å². The number of benzene rings is 1. The average Bonchev–Trinajstić information content (AvgIpc) is 2.90. The van der Waals surface area contributed by atoms with Gasteiger partial charge in [-0.25, -0.2) is 9.97 Å². The SMILES string of the molecule is CCOCc1ncc2c(n1)c(I)cn2COCc1ccccc1. The first-order valence-corrected chi connectivity index (χ1v) is 8.55. The lowest BCUT2D eigenvalue weighted by molar-refractivity contribution is 0.0667. The van der Waals surface area contributed by atoms with Crippen molar-refractivity contribution in [1.82, 2.24) is 14.5 Å².